The predicted octanol–water partition coefficient (Wildman–Crippen LogP) is 9.88. The molecule has 0 aromatic heterocycles. The number of nitro benzene ring substituents is 2. The Morgan fingerprint density at radius 1 is 0.938 bits per heavy atom. The highest BCUT2D eigenvalue weighted by atomic mass is 32.2. The molecule has 1 amide bonds. The van der Waals surface area contributed by atoms with Crippen LogP contribution in [0.2, 0.25) is 0 Å². The normalized spacial score (nSPS) is 22.6. The lowest BCUT2D eigenvalue weighted by Crippen LogP contribution is -2.64. The summed E-state index contributed by atoms with van der Waals surface area (Å²) in [6.07, 6.45) is 8.62. The number of ether oxygens (including phenoxy) is 3. The monoisotopic (exact) mass is 892 g/mol. The molecule has 0 unspecified atom stereocenters. The molecule has 4 aromatic carbocycles. The van der Waals surface area contributed by atoms with Gasteiger partial charge in [-0.25, -0.2) is 0 Å². The van der Waals surface area contributed by atoms with Gasteiger partial charge in [-0.2, -0.15) is 0 Å². The third-order valence-electron chi connectivity index (χ3n) is 11.9. The second-order valence-electron chi connectivity index (χ2n) is 16.1. The van der Waals surface area contributed by atoms with Gasteiger partial charge >= 0.3 is 0 Å². The molecule has 15 nitrogen and oxygen atoms in total. The first kappa shape index (κ1) is 45.9. The van der Waals surface area contributed by atoms with E-state index in [1.54, 1.807) is 48.2 Å². The van der Waals surface area contributed by atoms with Gasteiger partial charge < -0.3 is 34.6 Å². The summed E-state index contributed by atoms with van der Waals surface area (Å²) in [6, 6.07) is 25.3. The number of nitrogens with one attached hydrogen (secondary N) is 1. The second-order valence-corrected chi connectivity index (χ2v) is 17.4. The van der Waals surface area contributed by atoms with Crippen LogP contribution >= 0.6 is 11.8 Å². The Morgan fingerprint density at radius 3 is 2.34 bits per heavy atom. The lowest BCUT2D eigenvalue weighted by Gasteiger charge is -2.58. The zero-order valence-corrected chi connectivity index (χ0v) is 36.3. The Labute approximate surface area is 375 Å². The van der Waals surface area contributed by atoms with Gasteiger partial charge in [-0.1, -0.05) is 36.2 Å². The van der Waals surface area contributed by atoms with Crippen LogP contribution in [0.15, 0.2) is 125 Å². The first-order valence-corrected chi connectivity index (χ1v) is 22.3. The molecule has 336 valence electrons. The number of aliphatic hydroxyl groups is 2. The first-order chi connectivity index (χ1) is 31.0. The highest BCUT2D eigenvalue weighted by molar-refractivity contribution is 8.00. The minimum atomic E-state index is -1.29. The molecule has 6 atom stereocenters. The number of nitrogens with zero attached hydrogens (tertiary/aromatic N) is 3. The van der Waals surface area contributed by atoms with E-state index in [2.05, 4.69) is 18.0 Å². The topological polar surface area (TPSA) is 205 Å². The third kappa shape index (κ3) is 10.5. The van der Waals surface area contributed by atoms with E-state index in [0.29, 0.717) is 53.5 Å². The van der Waals surface area contributed by atoms with Gasteiger partial charge in [-0.3, -0.25) is 25.0 Å². The molecule has 4 aromatic rings. The molecule has 1 saturated carbocycles. The Morgan fingerprint density at radius 2 is 1.66 bits per heavy atom. The number of oxime groups is 1. The average molecular weight is 893 g/mol. The summed E-state index contributed by atoms with van der Waals surface area (Å²) in [5.74, 6) is -0.814. The van der Waals surface area contributed by atoms with Crippen LogP contribution in [0.3, 0.4) is 0 Å². The first-order valence-electron chi connectivity index (χ1n) is 21.4. The standard InChI is InChI=1S/C48H52N4O11S/c1-3-25-60-48-45(64-39-20-15-34(16-21-39)49-31(2)55)29-43(50-61-30-32-13-17-35(18-14-32)51(56)57)41-26-33(9-4-6-23-53)40(12-5-7-24-54)46(47(41)48)42-28-38(19-22-44(42)63-48)62-37-11-8-10-36(27-37)52(58)59/h3,8,10-11,13-22,26-28,33,40,45-47,53-54H,1,4-7,9,12,23-25,29-30H2,2H3,(H,49,55)/t33-,40+,45-,46+,47+,48+/m0/s1. The van der Waals surface area contributed by atoms with Gasteiger partial charge in [0, 0.05) is 66.8 Å². The molecule has 3 N–H and O–H groups in total. The van der Waals surface area contributed by atoms with E-state index in [4.69, 9.17) is 24.2 Å². The average Bonchev–Trinajstić information content (AvgIpc) is 3.28. The zero-order chi connectivity index (χ0) is 45.2. The van der Waals surface area contributed by atoms with Crippen LogP contribution in [0.1, 0.15) is 68.9 Å². The SMILES string of the molecule is C=CCO[C@@]12Oc3ccc(Oc4cccc([N+](=O)[O-])c4)cc3[C@H]3[C@H](CCCCO)[C@@H](CCCCO)C=C(C(=NOCc4ccc([N+](=O)[O-])cc4)C[C@@H]1Sc1ccc(NC(C)=O)cc1)[C@H]32. The fourth-order valence-electron chi connectivity index (χ4n) is 9.17. The Hall–Kier alpha value is -6.07. The summed E-state index contributed by atoms with van der Waals surface area (Å²) in [7, 11) is 0. The molecule has 1 aliphatic heterocycles. The maximum Gasteiger partial charge on any atom is 0.273 e. The molecule has 1 fully saturated rings. The van der Waals surface area contributed by atoms with Crippen LogP contribution in [0.4, 0.5) is 17.1 Å². The highest BCUT2D eigenvalue weighted by Crippen LogP contribution is 2.63. The summed E-state index contributed by atoms with van der Waals surface area (Å²) in [5, 5.41) is 50.1. The Balaban J connectivity index is 1.38. The summed E-state index contributed by atoms with van der Waals surface area (Å²) >= 11 is 1.56. The molecule has 0 spiro atoms. The highest BCUT2D eigenvalue weighted by Gasteiger charge is 2.64. The number of nitro groups is 2. The van der Waals surface area contributed by atoms with Crippen molar-refractivity contribution < 1.29 is 43.9 Å². The Kier molecular flexibility index (Phi) is 15.1. The van der Waals surface area contributed by atoms with E-state index in [1.165, 1.54) is 31.2 Å². The lowest BCUT2D eigenvalue weighted by molar-refractivity contribution is -0.385. The molecule has 2 aliphatic carbocycles. The number of unbranched alkanes of at least 4 members (excludes halogenated alkanes) is 2. The van der Waals surface area contributed by atoms with Crippen LogP contribution in [0.25, 0.3) is 0 Å². The lowest BCUT2D eigenvalue weighted by atomic mass is 9.56. The van der Waals surface area contributed by atoms with Crippen LogP contribution in [0.5, 0.6) is 17.2 Å². The van der Waals surface area contributed by atoms with Gasteiger partial charge in [0.25, 0.3) is 11.4 Å². The van der Waals surface area contributed by atoms with Crippen molar-refractivity contribution in [1.29, 1.82) is 0 Å². The minimum absolute atomic E-state index is 0.00405. The van der Waals surface area contributed by atoms with Crippen LogP contribution in [0, 0.1) is 38.0 Å². The molecule has 16 heteroatoms. The van der Waals surface area contributed by atoms with E-state index < -0.39 is 26.8 Å². The zero-order valence-electron chi connectivity index (χ0n) is 35.5. The van der Waals surface area contributed by atoms with Gasteiger partial charge in [-0.05, 0) is 109 Å². The fourth-order valence-corrected chi connectivity index (χ4v) is 10.5. The molecule has 0 bridgehead atoms. The van der Waals surface area contributed by atoms with E-state index in [1.807, 2.05) is 36.4 Å². The van der Waals surface area contributed by atoms with Gasteiger partial charge in [-0.15, -0.1) is 18.3 Å². The largest absolute Gasteiger partial charge is 0.460 e. The minimum Gasteiger partial charge on any atom is -0.460 e. The van der Waals surface area contributed by atoms with Crippen molar-refractivity contribution in [2.45, 2.75) is 80.3 Å². The van der Waals surface area contributed by atoms with Crippen molar-refractivity contribution in [2.75, 3.05) is 25.1 Å². The summed E-state index contributed by atoms with van der Waals surface area (Å²) < 4.78 is 20.6. The molecule has 1 heterocycles. The predicted molar refractivity (Wildman–Crippen MR) is 243 cm³/mol. The van der Waals surface area contributed by atoms with Gasteiger partial charge in [0.15, 0.2) is 0 Å². The van der Waals surface area contributed by atoms with Crippen molar-refractivity contribution in [2.24, 2.45) is 22.9 Å². The number of benzene rings is 4. The van der Waals surface area contributed by atoms with Crippen LogP contribution < -0.4 is 14.8 Å². The van der Waals surface area contributed by atoms with E-state index in [-0.39, 0.29) is 61.5 Å². The number of amides is 1. The third-order valence-corrected chi connectivity index (χ3v) is 13.2. The van der Waals surface area contributed by atoms with Crippen molar-refractivity contribution in [3.05, 3.63) is 147 Å². The van der Waals surface area contributed by atoms with Gasteiger partial charge in [0.1, 0.15) is 23.9 Å². The fraction of sp³-hybridized carbons (Fsp3) is 0.375. The molecule has 64 heavy (non-hydrogen) atoms. The smallest absolute Gasteiger partial charge is 0.273 e. The molecular weight excluding hydrogens is 841 g/mol. The quantitative estimate of drug-likeness (QED) is 0.0309. The van der Waals surface area contributed by atoms with E-state index >= 15 is 0 Å². The maximum atomic E-state index is 11.9. The van der Waals surface area contributed by atoms with Crippen molar-refractivity contribution in [3.8, 4) is 17.2 Å². The number of rotatable bonds is 21. The molecule has 7 rings (SSSR count). The number of anilines is 1. The number of carbonyl (C=O) groups excluding carboxylic acids is 1. The van der Waals surface area contributed by atoms with Crippen molar-refractivity contribution in [1.82, 2.24) is 0 Å². The number of non-ortho nitro benzene ring substituents is 2. The molecule has 0 saturated heterocycles. The summed E-state index contributed by atoms with van der Waals surface area (Å²) in [6.45, 7) is 5.79. The number of hydrogen-bond donors (Lipinski definition) is 3. The number of allylic oxidation sites excluding steroid dienone is 1. The van der Waals surface area contributed by atoms with Gasteiger partial charge in [0.05, 0.1) is 39.4 Å². The molecule has 3 aliphatic rings. The Bertz CT molecular complexity index is 2370. The number of thioether (sulfide) groups is 1. The van der Waals surface area contributed by atoms with E-state index in [9.17, 15) is 35.2 Å². The van der Waals surface area contributed by atoms with Gasteiger partial charge in [0.2, 0.25) is 11.7 Å². The second kappa shape index (κ2) is 21.1. The number of carbonyl (C=O) groups is 1. The molecular formula is C48H52N4O11S. The van der Waals surface area contributed by atoms with Crippen molar-refractivity contribution in [3.63, 3.8) is 0 Å². The summed E-state index contributed by atoms with van der Waals surface area (Å²) in [4.78, 5) is 40.9. The number of fused-ring (bicyclic) bond motifs is 2. The van der Waals surface area contributed by atoms with E-state index in [0.717, 1.165) is 41.7 Å². The van der Waals surface area contributed by atoms with Crippen LogP contribution in [-0.4, -0.2) is 62.5 Å². The maximum absolute atomic E-state index is 11.9. The number of hydrogen-bond acceptors (Lipinski definition) is 13. The van der Waals surface area contributed by atoms with Crippen LogP contribution in [-0.2, 0) is 21.0 Å². The number of aliphatic hydroxyl groups excluding tert-OH is 2. The molecule has 0 radical (unpaired) electrons. The van der Waals surface area contributed by atoms with Crippen molar-refractivity contribution >= 4 is 40.4 Å². The summed E-state index contributed by atoms with van der Waals surface area (Å²) in [5.41, 5.74) is 3.69.